The smallest absolute Gasteiger partial charge is 0.0490 e. The highest BCUT2D eigenvalue weighted by molar-refractivity contribution is 6.35. The van der Waals surface area contributed by atoms with Crippen LogP contribution in [-0.4, -0.2) is 4.57 Å². The number of rotatable bonds is 2. The Labute approximate surface area is 122 Å². The highest BCUT2D eigenvalue weighted by atomic mass is 35.5. The van der Waals surface area contributed by atoms with Gasteiger partial charge in [0.1, 0.15) is 0 Å². The highest BCUT2D eigenvalue weighted by Crippen LogP contribution is 2.25. The van der Waals surface area contributed by atoms with Gasteiger partial charge in [-0.25, -0.2) is 0 Å². The molecule has 0 aliphatic carbocycles. The van der Waals surface area contributed by atoms with Crippen molar-refractivity contribution >= 4 is 34.1 Å². The van der Waals surface area contributed by atoms with Crippen LogP contribution in [0.4, 0.5) is 0 Å². The van der Waals surface area contributed by atoms with Gasteiger partial charge >= 0.3 is 0 Å². The summed E-state index contributed by atoms with van der Waals surface area (Å²) in [6, 6.07) is 14.1. The molecular formula is C16H13Cl2N. The lowest BCUT2D eigenvalue weighted by atomic mass is 10.1. The summed E-state index contributed by atoms with van der Waals surface area (Å²) < 4.78 is 2.21. The average molecular weight is 290 g/mol. The van der Waals surface area contributed by atoms with E-state index < -0.39 is 0 Å². The summed E-state index contributed by atoms with van der Waals surface area (Å²) in [6.07, 6.45) is 2.10. The Morgan fingerprint density at radius 3 is 2.68 bits per heavy atom. The first-order chi connectivity index (χ1) is 9.15. The minimum Gasteiger partial charge on any atom is -0.343 e. The van der Waals surface area contributed by atoms with Gasteiger partial charge in [0.15, 0.2) is 0 Å². The molecule has 1 nitrogen and oxygen atoms in total. The molecule has 1 aromatic heterocycles. The quantitative estimate of drug-likeness (QED) is 0.603. The van der Waals surface area contributed by atoms with Crippen LogP contribution in [0.2, 0.25) is 10.0 Å². The van der Waals surface area contributed by atoms with E-state index in [-0.39, 0.29) is 0 Å². The van der Waals surface area contributed by atoms with Crippen LogP contribution >= 0.6 is 23.2 Å². The molecule has 1 heterocycles. The van der Waals surface area contributed by atoms with Crippen LogP contribution in [0.3, 0.4) is 0 Å². The van der Waals surface area contributed by atoms with E-state index in [1.54, 1.807) is 6.07 Å². The van der Waals surface area contributed by atoms with Crippen molar-refractivity contribution in [3.8, 4) is 0 Å². The molecule has 19 heavy (non-hydrogen) atoms. The van der Waals surface area contributed by atoms with Gasteiger partial charge in [-0.1, -0.05) is 41.4 Å². The van der Waals surface area contributed by atoms with E-state index in [2.05, 4.69) is 42.0 Å². The second-order valence-electron chi connectivity index (χ2n) is 4.69. The summed E-state index contributed by atoms with van der Waals surface area (Å²) in [6.45, 7) is 2.88. The number of benzene rings is 2. The number of fused-ring (bicyclic) bond motifs is 1. The van der Waals surface area contributed by atoms with Crippen molar-refractivity contribution in [1.82, 2.24) is 4.57 Å². The van der Waals surface area contributed by atoms with Crippen molar-refractivity contribution in [3.63, 3.8) is 0 Å². The molecule has 3 heteroatoms. The van der Waals surface area contributed by atoms with Gasteiger partial charge in [-0.15, -0.1) is 0 Å². The number of aryl methyl sites for hydroxylation is 1. The number of nitrogens with zero attached hydrogens (tertiary/aromatic N) is 1. The van der Waals surface area contributed by atoms with Crippen LogP contribution < -0.4 is 0 Å². The van der Waals surface area contributed by atoms with E-state index in [1.807, 2.05) is 12.1 Å². The monoisotopic (exact) mass is 289 g/mol. The zero-order chi connectivity index (χ0) is 13.4. The number of hydrogen-bond donors (Lipinski definition) is 0. The first kappa shape index (κ1) is 12.6. The van der Waals surface area contributed by atoms with E-state index in [1.165, 1.54) is 16.5 Å². The number of aromatic nitrogens is 1. The molecule has 0 amide bonds. The minimum absolute atomic E-state index is 0.668. The SMILES string of the molecule is Cc1cccc2c1ccn2Cc1ccc(Cl)cc1Cl. The Kier molecular flexibility index (Phi) is 3.26. The van der Waals surface area contributed by atoms with Crippen molar-refractivity contribution in [2.45, 2.75) is 13.5 Å². The number of hydrogen-bond acceptors (Lipinski definition) is 0. The van der Waals surface area contributed by atoms with Crippen LogP contribution in [0, 0.1) is 6.92 Å². The third-order valence-corrected chi connectivity index (χ3v) is 3.97. The van der Waals surface area contributed by atoms with Gasteiger partial charge in [0.25, 0.3) is 0 Å². The van der Waals surface area contributed by atoms with Crippen molar-refractivity contribution in [3.05, 3.63) is 69.8 Å². The molecule has 0 aliphatic rings. The second kappa shape index (κ2) is 4.92. The Morgan fingerprint density at radius 1 is 1.05 bits per heavy atom. The standard InChI is InChI=1S/C16H13Cl2N/c1-11-3-2-4-16-14(11)7-8-19(16)10-12-5-6-13(17)9-15(12)18/h2-9H,10H2,1H3. The van der Waals surface area contributed by atoms with Gasteiger partial charge in [0.05, 0.1) is 0 Å². The molecule has 0 fully saturated rings. The van der Waals surface area contributed by atoms with Crippen LogP contribution in [-0.2, 0) is 6.54 Å². The minimum atomic E-state index is 0.668. The first-order valence-corrected chi connectivity index (χ1v) is 6.89. The summed E-state index contributed by atoms with van der Waals surface area (Å²) in [4.78, 5) is 0. The van der Waals surface area contributed by atoms with Crippen LogP contribution in [0.1, 0.15) is 11.1 Å². The fraction of sp³-hybridized carbons (Fsp3) is 0.125. The van der Waals surface area contributed by atoms with Crippen LogP contribution in [0.5, 0.6) is 0 Å². The molecule has 3 rings (SSSR count). The number of halogens is 2. The van der Waals surface area contributed by atoms with Crippen molar-refractivity contribution in [2.24, 2.45) is 0 Å². The summed E-state index contributed by atoms with van der Waals surface area (Å²) in [7, 11) is 0. The third-order valence-electron chi connectivity index (χ3n) is 3.39. The molecule has 0 unspecified atom stereocenters. The maximum absolute atomic E-state index is 6.23. The van der Waals surface area contributed by atoms with Gasteiger partial charge in [0.2, 0.25) is 0 Å². The van der Waals surface area contributed by atoms with Gasteiger partial charge in [-0.05, 0) is 42.3 Å². The summed E-state index contributed by atoms with van der Waals surface area (Å²) in [5, 5.41) is 2.66. The molecule has 0 spiro atoms. The van der Waals surface area contributed by atoms with E-state index in [4.69, 9.17) is 23.2 Å². The lowest BCUT2D eigenvalue weighted by Crippen LogP contribution is -1.98. The molecule has 0 radical (unpaired) electrons. The second-order valence-corrected chi connectivity index (χ2v) is 5.53. The lowest BCUT2D eigenvalue weighted by Gasteiger charge is -2.08. The zero-order valence-electron chi connectivity index (χ0n) is 10.5. The molecule has 3 aromatic rings. The maximum atomic E-state index is 6.23. The predicted octanol–water partition coefficient (Wildman–Crippen LogP) is 5.30. The zero-order valence-corrected chi connectivity index (χ0v) is 12.0. The topological polar surface area (TPSA) is 4.93 Å². The normalized spacial score (nSPS) is 11.1. The highest BCUT2D eigenvalue weighted by Gasteiger charge is 2.06. The molecule has 0 aliphatic heterocycles. The summed E-state index contributed by atoms with van der Waals surface area (Å²) in [5.74, 6) is 0. The fourth-order valence-electron chi connectivity index (χ4n) is 2.35. The largest absolute Gasteiger partial charge is 0.343 e. The van der Waals surface area contributed by atoms with E-state index >= 15 is 0 Å². The van der Waals surface area contributed by atoms with E-state index in [0.717, 1.165) is 12.1 Å². The van der Waals surface area contributed by atoms with Gasteiger partial charge < -0.3 is 4.57 Å². The summed E-state index contributed by atoms with van der Waals surface area (Å²) >= 11 is 12.2. The molecule has 0 bridgehead atoms. The Balaban J connectivity index is 2.04. The molecule has 0 N–H and O–H groups in total. The van der Waals surface area contributed by atoms with E-state index in [9.17, 15) is 0 Å². The van der Waals surface area contributed by atoms with Gasteiger partial charge in [-0.2, -0.15) is 0 Å². The Bertz CT molecular complexity index is 744. The molecule has 2 aromatic carbocycles. The molecule has 0 atom stereocenters. The first-order valence-electron chi connectivity index (χ1n) is 6.13. The van der Waals surface area contributed by atoms with Gasteiger partial charge in [0, 0.05) is 33.7 Å². The molecule has 0 saturated heterocycles. The predicted molar refractivity (Wildman–Crippen MR) is 82.2 cm³/mol. The van der Waals surface area contributed by atoms with Crippen molar-refractivity contribution in [2.75, 3.05) is 0 Å². The summed E-state index contributed by atoms with van der Waals surface area (Å²) in [5.41, 5.74) is 3.59. The molecular weight excluding hydrogens is 277 g/mol. The maximum Gasteiger partial charge on any atom is 0.0490 e. The van der Waals surface area contributed by atoms with Crippen LogP contribution in [0.15, 0.2) is 48.7 Å². The average Bonchev–Trinajstić information content (AvgIpc) is 2.78. The third kappa shape index (κ3) is 2.36. The molecule has 96 valence electrons. The van der Waals surface area contributed by atoms with Crippen molar-refractivity contribution in [1.29, 1.82) is 0 Å². The van der Waals surface area contributed by atoms with Crippen molar-refractivity contribution < 1.29 is 0 Å². The fourth-order valence-corrected chi connectivity index (χ4v) is 2.82. The Morgan fingerprint density at radius 2 is 1.89 bits per heavy atom. The van der Waals surface area contributed by atoms with Crippen LogP contribution in [0.25, 0.3) is 10.9 Å². The Hall–Kier alpha value is -1.44. The van der Waals surface area contributed by atoms with E-state index in [0.29, 0.717) is 10.0 Å². The molecule has 0 saturated carbocycles. The van der Waals surface area contributed by atoms with Gasteiger partial charge in [-0.3, -0.25) is 0 Å². The lowest BCUT2D eigenvalue weighted by molar-refractivity contribution is 0.837.